The van der Waals surface area contributed by atoms with Gasteiger partial charge in [0.15, 0.2) is 11.3 Å². The van der Waals surface area contributed by atoms with Crippen LogP contribution in [0, 0.1) is 25.5 Å². The topological polar surface area (TPSA) is 75.0 Å². The van der Waals surface area contributed by atoms with Crippen molar-refractivity contribution in [3.05, 3.63) is 84.5 Å². The fraction of sp³-hybridized carbons (Fsp3) is 0.158. The Kier molecular flexibility index (Phi) is 5.14. The number of aromatic nitrogens is 2. The minimum absolute atomic E-state index is 0.0171. The van der Waals surface area contributed by atoms with Crippen LogP contribution in [0.3, 0.4) is 0 Å². The van der Waals surface area contributed by atoms with Gasteiger partial charge in [-0.25, -0.2) is 8.78 Å². The first-order valence-electron chi connectivity index (χ1n) is 7.96. The molecule has 3 rings (SSSR count). The molecule has 0 aliphatic carbocycles. The molecule has 0 spiro atoms. The first-order chi connectivity index (χ1) is 12.8. The Bertz CT molecular complexity index is 1120. The Morgan fingerprint density at radius 1 is 1.04 bits per heavy atom. The van der Waals surface area contributed by atoms with Crippen molar-refractivity contribution in [1.29, 1.82) is 0 Å². The van der Waals surface area contributed by atoms with Crippen molar-refractivity contribution in [3.63, 3.8) is 0 Å². The van der Waals surface area contributed by atoms with Crippen LogP contribution < -0.4 is 15.6 Å². The van der Waals surface area contributed by atoms with Gasteiger partial charge < -0.3 is 14.7 Å². The summed E-state index contributed by atoms with van der Waals surface area (Å²) < 4.78 is 31.8. The molecule has 2 heterocycles. The van der Waals surface area contributed by atoms with E-state index in [2.05, 4.69) is 9.97 Å². The van der Waals surface area contributed by atoms with E-state index in [1.165, 1.54) is 6.20 Å². The maximum Gasteiger partial charge on any atom is 0.208 e. The molecule has 140 valence electrons. The lowest BCUT2D eigenvalue weighted by atomic mass is 10.0. The second-order valence-corrected chi connectivity index (χ2v) is 6.41. The highest BCUT2D eigenvalue weighted by Gasteiger charge is 2.16. The third-order valence-corrected chi connectivity index (χ3v) is 4.43. The van der Waals surface area contributed by atoms with Crippen molar-refractivity contribution >= 4 is 11.6 Å². The molecule has 1 aromatic carbocycles. The number of hydrogen-bond acceptors (Lipinski definition) is 3. The van der Waals surface area contributed by atoms with E-state index >= 15 is 0 Å². The number of pyridine rings is 2. The molecule has 0 fully saturated rings. The minimum atomic E-state index is -0.719. The van der Waals surface area contributed by atoms with Crippen LogP contribution >= 0.6 is 11.6 Å². The molecule has 0 saturated carbocycles. The molecule has 3 aromatic rings. The number of H-pyrrole nitrogens is 2. The standard InChI is InChI=1S/C19H15ClF2N2O3/c1-9-17(19(26)18(20)10(2)24-9)14-7-23-16(6-15(14)25)27-8-11-3-12(21)5-13(22)4-11/h3-7H,8H2,1-2H3,(H,23,25)(H,24,26). The number of aromatic amines is 2. The van der Waals surface area contributed by atoms with Crippen molar-refractivity contribution in [2.75, 3.05) is 0 Å². The summed E-state index contributed by atoms with van der Waals surface area (Å²) in [5, 5.41) is 0.0171. The van der Waals surface area contributed by atoms with Crippen molar-refractivity contribution in [2.45, 2.75) is 20.5 Å². The van der Waals surface area contributed by atoms with Crippen LogP contribution in [0.5, 0.6) is 5.88 Å². The molecular weight excluding hydrogens is 378 g/mol. The van der Waals surface area contributed by atoms with Crippen LogP contribution in [0.25, 0.3) is 11.1 Å². The lowest BCUT2D eigenvalue weighted by Gasteiger charge is -2.10. The van der Waals surface area contributed by atoms with Gasteiger partial charge >= 0.3 is 0 Å². The maximum atomic E-state index is 13.2. The molecule has 5 nitrogen and oxygen atoms in total. The van der Waals surface area contributed by atoms with Gasteiger partial charge in [0.2, 0.25) is 5.43 Å². The molecule has 8 heteroatoms. The zero-order valence-electron chi connectivity index (χ0n) is 14.5. The third-order valence-electron chi connectivity index (χ3n) is 3.98. The summed E-state index contributed by atoms with van der Waals surface area (Å²) in [7, 11) is 0. The SMILES string of the molecule is Cc1[nH]c(C)c(-c2c[nH]c(OCc3cc(F)cc(F)c3)cc2=O)c(=O)c1Cl. The van der Waals surface area contributed by atoms with Crippen LogP contribution in [0.15, 0.2) is 40.1 Å². The van der Waals surface area contributed by atoms with Gasteiger partial charge in [0, 0.05) is 29.7 Å². The Morgan fingerprint density at radius 3 is 2.33 bits per heavy atom. The number of rotatable bonds is 4. The van der Waals surface area contributed by atoms with Gasteiger partial charge in [-0.15, -0.1) is 0 Å². The Morgan fingerprint density at radius 2 is 1.70 bits per heavy atom. The fourth-order valence-corrected chi connectivity index (χ4v) is 2.90. The summed E-state index contributed by atoms with van der Waals surface area (Å²) in [6, 6.07) is 4.18. The molecule has 2 aromatic heterocycles. The fourth-order valence-electron chi connectivity index (χ4n) is 2.76. The second-order valence-electron chi connectivity index (χ2n) is 6.03. The number of hydrogen-bond donors (Lipinski definition) is 2. The zero-order chi connectivity index (χ0) is 19.7. The maximum absolute atomic E-state index is 13.2. The molecule has 0 aliphatic heterocycles. The van der Waals surface area contributed by atoms with E-state index in [0.717, 1.165) is 24.3 Å². The quantitative estimate of drug-likeness (QED) is 0.708. The average Bonchev–Trinajstić information content (AvgIpc) is 2.59. The Labute approximate surface area is 157 Å². The minimum Gasteiger partial charge on any atom is -0.474 e. The van der Waals surface area contributed by atoms with Crippen molar-refractivity contribution in [2.24, 2.45) is 0 Å². The third kappa shape index (κ3) is 3.93. The molecule has 0 radical (unpaired) electrons. The molecule has 0 amide bonds. The molecular formula is C19H15ClF2N2O3. The highest BCUT2D eigenvalue weighted by atomic mass is 35.5. The first kappa shape index (κ1) is 18.8. The summed E-state index contributed by atoms with van der Waals surface area (Å²) in [5.74, 6) is -1.34. The second kappa shape index (κ2) is 7.36. The van der Waals surface area contributed by atoms with Gasteiger partial charge in [0.25, 0.3) is 0 Å². The van der Waals surface area contributed by atoms with Gasteiger partial charge in [-0.2, -0.15) is 0 Å². The van der Waals surface area contributed by atoms with Crippen LogP contribution in [0.1, 0.15) is 17.0 Å². The van der Waals surface area contributed by atoms with E-state index in [0.29, 0.717) is 11.4 Å². The summed E-state index contributed by atoms with van der Waals surface area (Å²) in [5.41, 5.74) is 0.709. The predicted octanol–water partition coefficient (Wildman–Crippen LogP) is 3.86. The number of benzene rings is 1. The van der Waals surface area contributed by atoms with Crippen LogP contribution in [0.4, 0.5) is 8.78 Å². The van der Waals surface area contributed by atoms with E-state index in [-0.39, 0.29) is 34.2 Å². The van der Waals surface area contributed by atoms with Gasteiger partial charge in [-0.3, -0.25) is 9.59 Å². The van der Waals surface area contributed by atoms with Gasteiger partial charge in [-0.05, 0) is 31.5 Å². The molecule has 0 saturated heterocycles. The summed E-state index contributed by atoms with van der Waals surface area (Å²) in [6.07, 6.45) is 1.34. The van der Waals surface area contributed by atoms with Gasteiger partial charge in [0.1, 0.15) is 23.3 Å². The zero-order valence-corrected chi connectivity index (χ0v) is 15.2. The van der Waals surface area contributed by atoms with Crippen LogP contribution in [0.2, 0.25) is 5.02 Å². The number of aryl methyl sites for hydroxylation is 2. The molecule has 27 heavy (non-hydrogen) atoms. The van der Waals surface area contributed by atoms with Crippen LogP contribution in [-0.4, -0.2) is 9.97 Å². The summed E-state index contributed by atoms with van der Waals surface area (Å²) >= 11 is 5.99. The molecule has 0 unspecified atom stereocenters. The first-order valence-corrected chi connectivity index (χ1v) is 8.34. The molecule has 2 N–H and O–H groups in total. The lowest BCUT2D eigenvalue weighted by Crippen LogP contribution is -2.17. The summed E-state index contributed by atoms with van der Waals surface area (Å²) in [4.78, 5) is 30.6. The normalized spacial score (nSPS) is 10.9. The van der Waals surface area contributed by atoms with Gasteiger partial charge in [-0.1, -0.05) is 11.6 Å². The van der Waals surface area contributed by atoms with E-state index in [1.807, 2.05) is 0 Å². The number of ether oxygens (including phenoxy) is 1. The molecule has 0 bridgehead atoms. The number of halogens is 3. The Hall–Kier alpha value is -2.93. The highest BCUT2D eigenvalue weighted by Crippen LogP contribution is 2.20. The van der Waals surface area contributed by atoms with Crippen LogP contribution in [-0.2, 0) is 6.61 Å². The van der Waals surface area contributed by atoms with E-state index in [1.54, 1.807) is 13.8 Å². The molecule has 0 aliphatic rings. The van der Waals surface area contributed by atoms with Crippen molar-refractivity contribution in [3.8, 4) is 17.0 Å². The Balaban J connectivity index is 1.90. The average molecular weight is 393 g/mol. The summed E-state index contributed by atoms with van der Waals surface area (Å²) in [6.45, 7) is 3.19. The van der Waals surface area contributed by atoms with Gasteiger partial charge in [0.05, 0.1) is 11.1 Å². The smallest absolute Gasteiger partial charge is 0.208 e. The van der Waals surface area contributed by atoms with Crippen molar-refractivity contribution < 1.29 is 13.5 Å². The number of nitrogens with one attached hydrogen (secondary N) is 2. The van der Waals surface area contributed by atoms with E-state index < -0.39 is 22.5 Å². The molecule has 0 atom stereocenters. The highest BCUT2D eigenvalue weighted by molar-refractivity contribution is 6.31. The van der Waals surface area contributed by atoms with E-state index in [9.17, 15) is 18.4 Å². The predicted molar refractivity (Wildman–Crippen MR) is 98.3 cm³/mol. The van der Waals surface area contributed by atoms with E-state index in [4.69, 9.17) is 16.3 Å². The van der Waals surface area contributed by atoms with Crippen molar-refractivity contribution in [1.82, 2.24) is 9.97 Å². The monoisotopic (exact) mass is 392 g/mol. The lowest BCUT2D eigenvalue weighted by molar-refractivity contribution is 0.292. The largest absolute Gasteiger partial charge is 0.474 e.